The van der Waals surface area contributed by atoms with Crippen LogP contribution in [-0.2, 0) is 4.79 Å². The maximum absolute atomic E-state index is 13.2. The highest BCUT2D eigenvalue weighted by Crippen LogP contribution is 2.44. The molecule has 1 aliphatic carbocycles. The van der Waals surface area contributed by atoms with E-state index in [1.807, 2.05) is 36.4 Å². The lowest BCUT2D eigenvalue weighted by atomic mass is 9.86. The van der Waals surface area contributed by atoms with E-state index in [1.165, 1.54) is 0 Å². The maximum Gasteiger partial charge on any atom is 0.245 e. The van der Waals surface area contributed by atoms with Gasteiger partial charge in [-0.25, -0.2) is 0 Å². The zero-order valence-corrected chi connectivity index (χ0v) is 17.8. The molecule has 1 heterocycles. The molecule has 32 heavy (non-hydrogen) atoms. The molecular formula is C27H22N2O3. The number of carbonyl (C=O) groups excluding carboxylic acids is 1. The van der Waals surface area contributed by atoms with Gasteiger partial charge in [0.15, 0.2) is 0 Å². The number of aliphatic hydroxyl groups is 1. The minimum Gasteiger partial charge on any atom is -0.485 e. The van der Waals surface area contributed by atoms with E-state index in [0.29, 0.717) is 16.9 Å². The third-order valence-corrected chi connectivity index (χ3v) is 6.17. The van der Waals surface area contributed by atoms with E-state index in [-0.39, 0.29) is 5.91 Å². The predicted octanol–water partition coefficient (Wildman–Crippen LogP) is 4.36. The molecular weight excluding hydrogens is 400 g/mol. The molecule has 5 heteroatoms. The Bertz CT molecular complexity index is 1270. The Hall–Kier alpha value is -3.88. The molecule has 158 valence electrons. The molecule has 1 amide bonds. The summed E-state index contributed by atoms with van der Waals surface area (Å²) in [6.07, 6.45) is 0.600. The lowest BCUT2D eigenvalue weighted by molar-refractivity contribution is -0.121. The number of ether oxygens (including phenoxy) is 1. The number of rotatable bonds is 2. The van der Waals surface area contributed by atoms with Crippen molar-refractivity contribution >= 4 is 11.5 Å². The molecule has 0 radical (unpaired) electrons. The summed E-state index contributed by atoms with van der Waals surface area (Å²) in [6.45, 7) is 3.56. The van der Waals surface area contributed by atoms with E-state index in [2.05, 4.69) is 23.5 Å². The van der Waals surface area contributed by atoms with Crippen LogP contribution >= 0.6 is 0 Å². The average Bonchev–Trinajstić information content (AvgIpc) is 3.10. The van der Waals surface area contributed by atoms with Crippen molar-refractivity contribution in [2.24, 2.45) is 0 Å². The number of nitrogens with one attached hydrogen (secondary N) is 1. The average molecular weight is 422 g/mol. The van der Waals surface area contributed by atoms with Gasteiger partial charge in [-0.15, -0.1) is 0 Å². The lowest BCUT2D eigenvalue weighted by Gasteiger charge is -2.42. The van der Waals surface area contributed by atoms with E-state index in [4.69, 9.17) is 4.74 Å². The highest BCUT2D eigenvalue weighted by Gasteiger charge is 2.43. The Morgan fingerprint density at radius 1 is 1.03 bits per heavy atom. The summed E-state index contributed by atoms with van der Waals surface area (Å²) >= 11 is 0. The minimum atomic E-state index is -0.991. The summed E-state index contributed by atoms with van der Waals surface area (Å²) in [6, 6.07) is 22.5. The fourth-order valence-electron chi connectivity index (χ4n) is 4.56. The van der Waals surface area contributed by atoms with Crippen LogP contribution < -0.4 is 10.1 Å². The van der Waals surface area contributed by atoms with E-state index >= 15 is 0 Å². The molecule has 0 bridgehead atoms. The van der Waals surface area contributed by atoms with Crippen LogP contribution in [0.2, 0.25) is 0 Å². The zero-order valence-electron chi connectivity index (χ0n) is 17.8. The summed E-state index contributed by atoms with van der Waals surface area (Å²) < 4.78 is 5.94. The van der Waals surface area contributed by atoms with E-state index in [9.17, 15) is 15.2 Å². The van der Waals surface area contributed by atoms with Crippen molar-refractivity contribution in [3.05, 3.63) is 95.1 Å². The highest BCUT2D eigenvalue weighted by molar-refractivity contribution is 6.08. The fourth-order valence-corrected chi connectivity index (χ4v) is 4.56. The molecule has 5 nitrogen and oxygen atoms in total. The summed E-state index contributed by atoms with van der Waals surface area (Å²) in [7, 11) is 0. The molecule has 5 rings (SSSR count). The molecule has 0 spiro atoms. The number of aliphatic hydroxyl groups excluding tert-OH is 1. The van der Waals surface area contributed by atoms with Gasteiger partial charge in [0.05, 0.1) is 17.7 Å². The molecule has 2 N–H and O–H groups in total. The van der Waals surface area contributed by atoms with Crippen LogP contribution in [0.3, 0.4) is 0 Å². The Morgan fingerprint density at radius 2 is 1.62 bits per heavy atom. The number of fused-ring (bicyclic) bond motifs is 4. The van der Waals surface area contributed by atoms with Crippen molar-refractivity contribution in [2.45, 2.75) is 31.6 Å². The van der Waals surface area contributed by atoms with Gasteiger partial charge >= 0.3 is 0 Å². The molecule has 3 aromatic carbocycles. The number of amides is 1. The number of hydrogen-bond acceptors (Lipinski definition) is 4. The van der Waals surface area contributed by atoms with Crippen molar-refractivity contribution in [1.29, 1.82) is 5.26 Å². The third-order valence-electron chi connectivity index (χ3n) is 6.17. The third kappa shape index (κ3) is 3.17. The number of benzene rings is 3. The molecule has 0 saturated heterocycles. The summed E-state index contributed by atoms with van der Waals surface area (Å²) in [4.78, 5) is 13.2. The van der Waals surface area contributed by atoms with Gasteiger partial charge < -0.3 is 15.2 Å². The maximum atomic E-state index is 13.2. The van der Waals surface area contributed by atoms with E-state index in [0.717, 1.165) is 27.8 Å². The molecule has 0 aromatic heterocycles. The number of carbonyl (C=O) groups is 1. The molecule has 3 aromatic rings. The SMILES string of the molecule is CC1(C)Oc2ccc(C#N)cc2[C@@H](NC(=O)C=C2c3ccccc3-c3ccccc32)[C@@H]1O. The molecule has 2 atom stereocenters. The number of nitrogens with zero attached hydrogens (tertiary/aromatic N) is 1. The minimum absolute atomic E-state index is 0.318. The Kier molecular flexibility index (Phi) is 4.61. The van der Waals surface area contributed by atoms with E-state index in [1.54, 1.807) is 38.1 Å². The second kappa shape index (κ2) is 7.37. The van der Waals surface area contributed by atoms with Gasteiger partial charge in [-0.1, -0.05) is 48.5 Å². The van der Waals surface area contributed by atoms with Crippen LogP contribution in [-0.4, -0.2) is 22.7 Å². The van der Waals surface area contributed by atoms with Gasteiger partial charge in [-0.3, -0.25) is 4.79 Å². The fraction of sp³-hybridized carbons (Fsp3) is 0.185. The standard InChI is InChI=1S/C27H22N2O3/c1-27(2)26(31)25(22-13-16(15-28)11-12-23(22)32-27)29-24(30)14-21-19-9-5-3-7-17(19)18-8-4-6-10-20(18)21/h3-14,25-26,31H,1-2H3,(H,29,30)/t25-,26+/m1/s1. The second-order valence-electron chi connectivity index (χ2n) is 8.65. The predicted molar refractivity (Wildman–Crippen MR) is 122 cm³/mol. The monoisotopic (exact) mass is 422 g/mol. The van der Waals surface area contributed by atoms with Crippen LogP contribution in [0.5, 0.6) is 5.75 Å². The number of hydrogen-bond donors (Lipinski definition) is 2. The zero-order chi connectivity index (χ0) is 22.5. The van der Waals surface area contributed by atoms with E-state index < -0.39 is 17.7 Å². The van der Waals surface area contributed by atoms with Gasteiger partial charge in [0.1, 0.15) is 17.5 Å². The van der Waals surface area contributed by atoms with Crippen molar-refractivity contribution in [3.63, 3.8) is 0 Å². The van der Waals surface area contributed by atoms with Crippen LogP contribution in [0, 0.1) is 11.3 Å². The first-order valence-corrected chi connectivity index (χ1v) is 10.5. The van der Waals surface area contributed by atoms with Crippen molar-refractivity contribution in [3.8, 4) is 22.9 Å². The summed E-state index contributed by atoms with van der Waals surface area (Å²) in [5.41, 5.74) is 5.18. The van der Waals surface area contributed by atoms with Crippen LogP contribution in [0.25, 0.3) is 16.7 Å². The van der Waals surface area contributed by atoms with Crippen molar-refractivity contribution in [1.82, 2.24) is 5.32 Å². The quantitative estimate of drug-likeness (QED) is 0.470. The van der Waals surface area contributed by atoms with Gasteiger partial charge in [0.25, 0.3) is 0 Å². The first-order chi connectivity index (χ1) is 15.4. The molecule has 1 aliphatic heterocycles. The van der Waals surface area contributed by atoms with Gasteiger partial charge in [0.2, 0.25) is 5.91 Å². The van der Waals surface area contributed by atoms with Gasteiger partial charge in [-0.2, -0.15) is 5.26 Å². The Labute approximate surface area is 186 Å². The smallest absolute Gasteiger partial charge is 0.245 e. The van der Waals surface area contributed by atoms with Crippen molar-refractivity contribution in [2.75, 3.05) is 0 Å². The van der Waals surface area contributed by atoms with Crippen LogP contribution in [0.15, 0.2) is 72.8 Å². The van der Waals surface area contributed by atoms with Crippen LogP contribution in [0.1, 0.15) is 42.1 Å². The first kappa shape index (κ1) is 20.0. The molecule has 0 saturated carbocycles. The topological polar surface area (TPSA) is 82.3 Å². The Balaban J connectivity index is 1.53. The van der Waals surface area contributed by atoms with Crippen molar-refractivity contribution < 1.29 is 14.6 Å². The normalized spacial score (nSPS) is 19.6. The summed E-state index contributed by atoms with van der Waals surface area (Å²) in [5.74, 6) is 0.232. The summed E-state index contributed by atoms with van der Waals surface area (Å²) in [5, 5.41) is 23.3. The highest BCUT2D eigenvalue weighted by atomic mass is 16.5. The van der Waals surface area contributed by atoms with Gasteiger partial charge in [0, 0.05) is 11.6 Å². The number of nitriles is 1. The Morgan fingerprint density at radius 3 is 2.22 bits per heavy atom. The molecule has 0 unspecified atom stereocenters. The van der Waals surface area contributed by atoms with Crippen LogP contribution in [0.4, 0.5) is 0 Å². The van der Waals surface area contributed by atoms with Gasteiger partial charge in [-0.05, 0) is 59.9 Å². The molecule has 0 fully saturated rings. The second-order valence-corrected chi connectivity index (χ2v) is 8.65. The molecule has 2 aliphatic rings. The lowest BCUT2D eigenvalue weighted by Crippen LogP contribution is -2.53. The largest absolute Gasteiger partial charge is 0.485 e. The first-order valence-electron chi connectivity index (χ1n) is 10.5.